The molecule has 0 saturated carbocycles. The second-order valence-electron chi connectivity index (χ2n) is 3.56. The molecule has 88 valence electrons. The van der Waals surface area contributed by atoms with Gasteiger partial charge in [0, 0.05) is 19.6 Å². The highest BCUT2D eigenvalue weighted by molar-refractivity contribution is 5.48. The largest absolute Gasteiger partial charge is 0.395 e. The average Bonchev–Trinajstić information content (AvgIpc) is 2.31. The van der Waals surface area contributed by atoms with Crippen molar-refractivity contribution < 1.29 is 10.2 Å². The highest BCUT2D eigenvalue weighted by Gasteiger charge is 1.99. The van der Waals surface area contributed by atoms with Gasteiger partial charge in [-0.1, -0.05) is 42.5 Å². The van der Waals surface area contributed by atoms with Gasteiger partial charge in [0.25, 0.3) is 0 Å². The van der Waals surface area contributed by atoms with Crippen LogP contribution in [0.15, 0.2) is 36.4 Å². The minimum atomic E-state index is 0.124. The van der Waals surface area contributed by atoms with Gasteiger partial charge in [0.1, 0.15) is 0 Å². The third kappa shape index (κ3) is 5.07. The van der Waals surface area contributed by atoms with E-state index in [1.807, 2.05) is 47.4 Å². The zero-order valence-electron chi connectivity index (χ0n) is 9.42. The SMILES string of the molecule is OCCN(C/C=C/c1ccccc1)CCO. The Kier molecular flexibility index (Phi) is 6.49. The molecule has 1 aromatic rings. The van der Waals surface area contributed by atoms with E-state index < -0.39 is 0 Å². The lowest BCUT2D eigenvalue weighted by Gasteiger charge is -2.17. The van der Waals surface area contributed by atoms with E-state index in [-0.39, 0.29) is 13.2 Å². The molecule has 0 aliphatic rings. The number of rotatable bonds is 7. The van der Waals surface area contributed by atoms with E-state index in [2.05, 4.69) is 0 Å². The molecule has 2 N–H and O–H groups in total. The summed E-state index contributed by atoms with van der Waals surface area (Å²) in [4.78, 5) is 2.00. The molecule has 0 radical (unpaired) electrons. The van der Waals surface area contributed by atoms with Crippen LogP contribution in [0, 0.1) is 0 Å². The van der Waals surface area contributed by atoms with Gasteiger partial charge in [0.15, 0.2) is 0 Å². The van der Waals surface area contributed by atoms with Gasteiger partial charge in [0.05, 0.1) is 13.2 Å². The first kappa shape index (κ1) is 12.9. The number of benzene rings is 1. The Bertz CT molecular complexity index is 292. The Morgan fingerprint density at radius 3 is 2.19 bits per heavy atom. The molecule has 0 heterocycles. The highest BCUT2D eigenvalue weighted by Crippen LogP contribution is 2.01. The molecule has 3 nitrogen and oxygen atoms in total. The number of hydrogen-bond donors (Lipinski definition) is 2. The fourth-order valence-corrected chi connectivity index (χ4v) is 1.48. The normalized spacial score (nSPS) is 11.4. The van der Waals surface area contributed by atoms with Gasteiger partial charge < -0.3 is 10.2 Å². The Morgan fingerprint density at radius 1 is 1.00 bits per heavy atom. The van der Waals surface area contributed by atoms with Crippen LogP contribution in [-0.4, -0.2) is 48.0 Å². The van der Waals surface area contributed by atoms with Crippen LogP contribution in [0.3, 0.4) is 0 Å². The molecule has 0 saturated heterocycles. The van der Waals surface area contributed by atoms with E-state index in [4.69, 9.17) is 10.2 Å². The van der Waals surface area contributed by atoms with Crippen molar-refractivity contribution in [1.82, 2.24) is 4.90 Å². The van der Waals surface area contributed by atoms with Gasteiger partial charge in [-0.2, -0.15) is 0 Å². The lowest BCUT2D eigenvalue weighted by molar-refractivity contribution is 0.172. The molecule has 0 aliphatic carbocycles. The summed E-state index contributed by atoms with van der Waals surface area (Å²) in [5, 5.41) is 17.7. The molecule has 0 unspecified atom stereocenters. The fraction of sp³-hybridized carbons (Fsp3) is 0.385. The molecule has 0 aromatic heterocycles. The summed E-state index contributed by atoms with van der Waals surface area (Å²) >= 11 is 0. The summed E-state index contributed by atoms with van der Waals surface area (Å²) in [6, 6.07) is 10.1. The van der Waals surface area contributed by atoms with E-state index in [0.29, 0.717) is 13.1 Å². The van der Waals surface area contributed by atoms with Crippen molar-refractivity contribution in [2.24, 2.45) is 0 Å². The topological polar surface area (TPSA) is 43.7 Å². The van der Waals surface area contributed by atoms with Gasteiger partial charge in [-0.05, 0) is 5.56 Å². The maximum Gasteiger partial charge on any atom is 0.0558 e. The van der Waals surface area contributed by atoms with E-state index in [1.165, 1.54) is 0 Å². The summed E-state index contributed by atoms with van der Waals surface area (Å²) in [6.07, 6.45) is 4.09. The van der Waals surface area contributed by atoms with E-state index >= 15 is 0 Å². The molecule has 0 atom stereocenters. The second kappa shape index (κ2) is 8.05. The minimum Gasteiger partial charge on any atom is -0.395 e. The maximum absolute atomic E-state index is 8.83. The van der Waals surface area contributed by atoms with E-state index in [0.717, 1.165) is 12.1 Å². The van der Waals surface area contributed by atoms with Gasteiger partial charge in [-0.15, -0.1) is 0 Å². The Balaban J connectivity index is 2.39. The quantitative estimate of drug-likeness (QED) is 0.721. The summed E-state index contributed by atoms with van der Waals surface area (Å²) < 4.78 is 0. The number of hydrogen-bond acceptors (Lipinski definition) is 3. The number of nitrogens with zero attached hydrogens (tertiary/aromatic N) is 1. The summed E-state index contributed by atoms with van der Waals surface area (Å²) in [5.74, 6) is 0. The monoisotopic (exact) mass is 221 g/mol. The van der Waals surface area contributed by atoms with Gasteiger partial charge in [-0.25, -0.2) is 0 Å². The molecular weight excluding hydrogens is 202 g/mol. The van der Waals surface area contributed by atoms with Crippen molar-refractivity contribution in [3.8, 4) is 0 Å². The first-order valence-electron chi connectivity index (χ1n) is 5.52. The highest BCUT2D eigenvalue weighted by atomic mass is 16.3. The van der Waals surface area contributed by atoms with Crippen LogP contribution in [0.25, 0.3) is 6.08 Å². The van der Waals surface area contributed by atoms with Crippen molar-refractivity contribution in [2.75, 3.05) is 32.8 Å². The predicted molar refractivity (Wildman–Crippen MR) is 66.1 cm³/mol. The van der Waals surface area contributed by atoms with Crippen LogP contribution in [-0.2, 0) is 0 Å². The Hall–Kier alpha value is -1.16. The zero-order chi connectivity index (χ0) is 11.6. The van der Waals surface area contributed by atoms with E-state index in [1.54, 1.807) is 0 Å². The molecule has 16 heavy (non-hydrogen) atoms. The third-order valence-electron chi connectivity index (χ3n) is 2.31. The Labute approximate surface area is 96.6 Å². The van der Waals surface area contributed by atoms with Crippen LogP contribution in [0.1, 0.15) is 5.56 Å². The maximum atomic E-state index is 8.83. The number of aliphatic hydroxyl groups excluding tert-OH is 2. The molecule has 0 amide bonds. The van der Waals surface area contributed by atoms with Gasteiger partial charge in [-0.3, -0.25) is 4.90 Å². The van der Waals surface area contributed by atoms with Crippen LogP contribution in [0.4, 0.5) is 0 Å². The second-order valence-corrected chi connectivity index (χ2v) is 3.56. The third-order valence-corrected chi connectivity index (χ3v) is 2.31. The van der Waals surface area contributed by atoms with Crippen molar-refractivity contribution in [3.05, 3.63) is 42.0 Å². The zero-order valence-corrected chi connectivity index (χ0v) is 9.42. The van der Waals surface area contributed by atoms with Gasteiger partial charge in [0.2, 0.25) is 0 Å². The van der Waals surface area contributed by atoms with Crippen molar-refractivity contribution in [2.45, 2.75) is 0 Å². The van der Waals surface area contributed by atoms with Crippen LogP contribution in [0.2, 0.25) is 0 Å². The Morgan fingerprint density at radius 2 is 1.62 bits per heavy atom. The van der Waals surface area contributed by atoms with Crippen LogP contribution >= 0.6 is 0 Å². The van der Waals surface area contributed by atoms with Gasteiger partial charge >= 0.3 is 0 Å². The lowest BCUT2D eigenvalue weighted by atomic mass is 10.2. The predicted octanol–water partition coefficient (Wildman–Crippen LogP) is 0.986. The summed E-state index contributed by atoms with van der Waals surface area (Å²) in [7, 11) is 0. The van der Waals surface area contributed by atoms with Crippen molar-refractivity contribution in [1.29, 1.82) is 0 Å². The van der Waals surface area contributed by atoms with Crippen molar-refractivity contribution >= 4 is 6.08 Å². The first-order chi connectivity index (χ1) is 7.86. The summed E-state index contributed by atoms with van der Waals surface area (Å²) in [6.45, 7) is 2.19. The molecular formula is C13H19NO2. The molecule has 0 fully saturated rings. The minimum absolute atomic E-state index is 0.124. The molecule has 1 rings (SSSR count). The standard InChI is InChI=1S/C13H19NO2/c15-11-9-14(10-12-16)8-4-7-13-5-2-1-3-6-13/h1-7,15-16H,8-12H2/b7-4+. The summed E-state index contributed by atoms with van der Waals surface area (Å²) in [5.41, 5.74) is 1.16. The lowest BCUT2D eigenvalue weighted by Crippen LogP contribution is -2.29. The van der Waals surface area contributed by atoms with Crippen LogP contribution < -0.4 is 0 Å². The van der Waals surface area contributed by atoms with Crippen molar-refractivity contribution in [3.63, 3.8) is 0 Å². The van der Waals surface area contributed by atoms with E-state index in [9.17, 15) is 0 Å². The fourth-order valence-electron chi connectivity index (χ4n) is 1.48. The molecule has 3 heteroatoms. The smallest absolute Gasteiger partial charge is 0.0558 e. The average molecular weight is 221 g/mol. The molecule has 0 bridgehead atoms. The molecule has 0 spiro atoms. The first-order valence-corrected chi connectivity index (χ1v) is 5.52. The van der Waals surface area contributed by atoms with Crippen LogP contribution in [0.5, 0.6) is 0 Å². The molecule has 1 aromatic carbocycles. The number of aliphatic hydroxyl groups is 2. The molecule has 0 aliphatic heterocycles.